The van der Waals surface area contributed by atoms with Gasteiger partial charge < -0.3 is 15.8 Å². The number of ether oxygens (including phenoxy) is 1. The van der Waals surface area contributed by atoms with Gasteiger partial charge >= 0.3 is 0 Å². The van der Waals surface area contributed by atoms with E-state index in [1.807, 2.05) is 0 Å². The highest BCUT2D eigenvalue weighted by Gasteiger charge is 2.37. The summed E-state index contributed by atoms with van der Waals surface area (Å²) >= 11 is 0. The molecule has 3 nitrogen and oxygen atoms in total. The van der Waals surface area contributed by atoms with Crippen molar-refractivity contribution >= 4 is 0 Å². The predicted octanol–water partition coefficient (Wildman–Crippen LogP) is 2.44. The Bertz CT molecular complexity index is 263. The highest BCUT2D eigenvalue weighted by Crippen LogP contribution is 2.34. The molecule has 2 aliphatic rings. The van der Waals surface area contributed by atoms with Crippen molar-refractivity contribution in [3.8, 4) is 0 Å². The van der Waals surface area contributed by atoms with Crippen molar-refractivity contribution < 1.29 is 4.74 Å². The second-order valence-electron chi connectivity index (χ2n) is 6.61. The van der Waals surface area contributed by atoms with Gasteiger partial charge in [0.25, 0.3) is 0 Å². The zero-order valence-corrected chi connectivity index (χ0v) is 12.1. The summed E-state index contributed by atoms with van der Waals surface area (Å²) in [7, 11) is 0. The van der Waals surface area contributed by atoms with Crippen molar-refractivity contribution in [1.29, 1.82) is 0 Å². The number of nitrogens with two attached hydrogens (primary N) is 1. The molecule has 1 saturated carbocycles. The molecule has 1 aliphatic carbocycles. The molecule has 0 amide bonds. The van der Waals surface area contributed by atoms with Crippen LogP contribution in [0.1, 0.15) is 58.8 Å². The highest BCUT2D eigenvalue weighted by molar-refractivity contribution is 4.97. The Hall–Kier alpha value is -0.120. The molecule has 106 valence electrons. The first kappa shape index (κ1) is 14.3. The monoisotopic (exact) mass is 254 g/mol. The van der Waals surface area contributed by atoms with Gasteiger partial charge in [0.15, 0.2) is 0 Å². The van der Waals surface area contributed by atoms with Crippen LogP contribution in [0.4, 0.5) is 0 Å². The summed E-state index contributed by atoms with van der Waals surface area (Å²) in [6.07, 6.45) is 8.85. The summed E-state index contributed by atoms with van der Waals surface area (Å²) < 4.78 is 5.87. The Kier molecular flexibility index (Phi) is 4.68. The van der Waals surface area contributed by atoms with Gasteiger partial charge in [-0.3, -0.25) is 0 Å². The number of rotatable bonds is 5. The first-order valence-corrected chi connectivity index (χ1v) is 7.70. The summed E-state index contributed by atoms with van der Waals surface area (Å²) in [6.45, 7) is 7.18. The Balaban J connectivity index is 1.91. The van der Waals surface area contributed by atoms with Crippen LogP contribution in [0.15, 0.2) is 0 Å². The zero-order valence-electron chi connectivity index (χ0n) is 12.1. The van der Waals surface area contributed by atoms with Crippen LogP contribution in [0.3, 0.4) is 0 Å². The van der Waals surface area contributed by atoms with Gasteiger partial charge in [0.2, 0.25) is 0 Å². The lowest BCUT2D eigenvalue weighted by molar-refractivity contribution is 0.0101. The van der Waals surface area contributed by atoms with Crippen molar-refractivity contribution in [3.63, 3.8) is 0 Å². The lowest BCUT2D eigenvalue weighted by Gasteiger charge is -2.42. The minimum atomic E-state index is 0.0430. The van der Waals surface area contributed by atoms with Crippen molar-refractivity contribution in [1.82, 2.24) is 5.32 Å². The quantitative estimate of drug-likeness (QED) is 0.792. The third-order valence-electron chi connectivity index (χ3n) is 5.05. The molecule has 18 heavy (non-hydrogen) atoms. The van der Waals surface area contributed by atoms with Crippen molar-refractivity contribution in [2.45, 2.75) is 69.9 Å². The lowest BCUT2D eigenvalue weighted by Crippen LogP contribution is -2.57. The molecule has 0 bridgehead atoms. The highest BCUT2D eigenvalue weighted by atomic mass is 16.5. The molecule has 0 aromatic rings. The van der Waals surface area contributed by atoms with E-state index in [2.05, 4.69) is 19.2 Å². The summed E-state index contributed by atoms with van der Waals surface area (Å²) in [5, 5.41) is 3.78. The van der Waals surface area contributed by atoms with Gasteiger partial charge in [-0.1, -0.05) is 26.2 Å². The van der Waals surface area contributed by atoms with Gasteiger partial charge in [-0.15, -0.1) is 0 Å². The molecule has 1 heterocycles. The normalized spacial score (nSPS) is 41.2. The number of hydrogen-bond donors (Lipinski definition) is 2. The van der Waals surface area contributed by atoms with E-state index in [1.54, 1.807) is 0 Å². The summed E-state index contributed by atoms with van der Waals surface area (Å²) in [5.41, 5.74) is 6.30. The molecule has 0 spiro atoms. The van der Waals surface area contributed by atoms with Crippen LogP contribution in [0.2, 0.25) is 0 Å². The molecule has 0 radical (unpaired) electrons. The number of nitrogens with one attached hydrogen (secondary N) is 1. The Morgan fingerprint density at radius 3 is 2.78 bits per heavy atom. The van der Waals surface area contributed by atoms with Gasteiger partial charge in [0.1, 0.15) is 0 Å². The molecule has 0 aromatic heterocycles. The van der Waals surface area contributed by atoms with Gasteiger partial charge in [-0.2, -0.15) is 0 Å². The molecule has 1 aliphatic heterocycles. The first-order valence-electron chi connectivity index (χ1n) is 7.70. The van der Waals surface area contributed by atoms with Crippen LogP contribution in [0.5, 0.6) is 0 Å². The van der Waals surface area contributed by atoms with Crippen LogP contribution in [-0.4, -0.2) is 30.8 Å². The topological polar surface area (TPSA) is 47.3 Å². The molecular formula is C15H30N2O. The maximum Gasteiger partial charge on any atom is 0.0779 e. The summed E-state index contributed by atoms with van der Waals surface area (Å²) in [5.74, 6) is 0.854. The fraction of sp³-hybridized carbons (Fsp3) is 1.00. The lowest BCUT2D eigenvalue weighted by atomic mass is 9.74. The van der Waals surface area contributed by atoms with E-state index in [1.165, 1.54) is 44.9 Å². The molecule has 2 rings (SSSR count). The first-order chi connectivity index (χ1) is 8.61. The van der Waals surface area contributed by atoms with E-state index in [0.29, 0.717) is 0 Å². The standard InChI is InChI=1S/C15H30N2O/c1-3-13-6-4-8-15(10-13,11-16)17-12-14(2)7-5-9-18-14/h13,17H,3-12,16H2,1-2H3. The second kappa shape index (κ2) is 5.89. The minimum Gasteiger partial charge on any atom is -0.374 e. The third kappa shape index (κ3) is 3.25. The summed E-state index contributed by atoms with van der Waals surface area (Å²) in [4.78, 5) is 0. The molecule has 3 heteroatoms. The van der Waals surface area contributed by atoms with E-state index >= 15 is 0 Å². The Labute approximate surface area is 112 Å². The summed E-state index contributed by atoms with van der Waals surface area (Å²) in [6, 6.07) is 0. The van der Waals surface area contributed by atoms with Gasteiger partial charge in [0, 0.05) is 25.2 Å². The van der Waals surface area contributed by atoms with E-state index in [9.17, 15) is 0 Å². The van der Waals surface area contributed by atoms with Crippen LogP contribution in [0, 0.1) is 5.92 Å². The smallest absolute Gasteiger partial charge is 0.0779 e. The molecule has 1 saturated heterocycles. The van der Waals surface area contributed by atoms with E-state index in [0.717, 1.165) is 25.6 Å². The van der Waals surface area contributed by atoms with Crippen LogP contribution in [-0.2, 0) is 4.74 Å². The van der Waals surface area contributed by atoms with Crippen LogP contribution in [0.25, 0.3) is 0 Å². The maximum absolute atomic E-state index is 6.08. The van der Waals surface area contributed by atoms with Gasteiger partial charge in [0.05, 0.1) is 5.60 Å². The zero-order chi connectivity index (χ0) is 13.1. The van der Waals surface area contributed by atoms with E-state index in [4.69, 9.17) is 10.5 Å². The van der Waals surface area contributed by atoms with Gasteiger partial charge in [-0.25, -0.2) is 0 Å². The Morgan fingerprint density at radius 2 is 2.17 bits per heavy atom. The van der Waals surface area contributed by atoms with Crippen molar-refractivity contribution in [2.75, 3.05) is 19.7 Å². The predicted molar refractivity (Wildman–Crippen MR) is 75.6 cm³/mol. The third-order valence-corrected chi connectivity index (χ3v) is 5.05. The SMILES string of the molecule is CCC1CCCC(CN)(NCC2(C)CCCO2)C1. The average molecular weight is 254 g/mol. The van der Waals surface area contributed by atoms with Crippen LogP contribution >= 0.6 is 0 Å². The van der Waals surface area contributed by atoms with Gasteiger partial charge in [-0.05, 0) is 38.5 Å². The second-order valence-corrected chi connectivity index (χ2v) is 6.61. The van der Waals surface area contributed by atoms with E-state index in [-0.39, 0.29) is 11.1 Å². The largest absolute Gasteiger partial charge is 0.374 e. The van der Waals surface area contributed by atoms with Crippen molar-refractivity contribution in [2.24, 2.45) is 11.7 Å². The molecular weight excluding hydrogens is 224 g/mol. The Morgan fingerprint density at radius 1 is 1.33 bits per heavy atom. The maximum atomic E-state index is 6.08. The molecule has 3 N–H and O–H groups in total. The minimum absolute atomic E-state index is 0.0430. The molecule has 3 atom stereocenters. The molecule has 0 aromatic carbocycles. The van der Waals surface area contributed by atoms with E-state index < -0.39 is 0 Å². The fourth-order valence-electron chi connectivity index (χ4n) is 3.60. The van der Waals surface area contributed by atoms with Crippen LogP contribution < -0.4 is 11.1 Å². The molecule has 2 fully saturated rings. The fourth-order valence-corrected chi connectivity index (χ4v) is 3.60. The molecule has 3 unspecified atom stereocenters. The average Bonchev–Trinajstić information content (AvgIpc) is 2.84. The van der Waals surface area contributed by atoms with Crippen molar-refractivity contribution in [3.05, 3.63) is 0 Å². The number of hydrogen-bond acceptors (Lipinski definition) is 3.